The number of hydrogen-bond acceptors (Lipinski definition) is 3. The second-order valence-corrected chi connectivity index (χ2v) is 5.95. The van der Waals surface area contributed by atoms with Gasteiger partial charge in [0, 0.05) is 38.4 Å². The zero-order chi connectivity index (χ0) is 17.9. The third-order valence-corrected chi connectivity index (χ3v) is 4.11. The van der Waals surface area contributed by atoms with E-state index in [9.17, 15) is 18.3 Å². The molecule has 1 heterocycles. The second kappa shape index (κ2) is 7.23. The number of rotatable bonds is 4. The number of ether oxygens (including phenoxy) is 1. The van der Waals surface area contributed by atoms with Crippen LogP contribution in [0.4, 0.5) is 18.9 Å². The molecule has 2 aromatic rings. The Balaban J connectivity index is 1.55. The van der Waals surface area contributed by atoms with Crippen LogP contribution in [0.3, 0.4) is 0 Å². The molecule has 0 spiro atoms. The van der Waals surface area contributed by atoms with Crippen molar-refractivity contribution >= 4 is 5.69 Å². The number of anilines is 1. The van der Waals surface area contributed by atoms with Gasteiger partial charge in [-0.1, -0.05) is 12.1 Å². The average molecular weight is 351 g/mol. The van der Waals surface area contributed by atoms with Crippen molar-refractivity contribution in [3.05, 3.63) is 54.1 Å². The summed E-state index contributed by atoms with van der Waals surface area (Å²) >= 11 is 0. The summed E-state index contributed by atoms with van der Waals surface area (Å²) < 4.78 is 40.9. The van der Waals surface area contributed by atoms with Crippen LogP contribution in [0.1, 0.15) is 5.56 Å². The van der Waals surface area contributed by atoms with Crippen LogP contribution in [-0.2, 0) is 11.7 Å². The van der Waals surface area contributed by atoms with Gasteiger partial charge in [-0.15, -0.1) is 13.2 Å². The Hall–Kier alpha value is -2.41. The maximum Gasteiger partial charge on any atom is 0.573 e. The summed E-state index contributed by atoms with van der Waals surface area (Å²) in [6.45, 7) is 3.77. The van der Waals surface area contributed by atoms with E-state index in [4.69, 9.17) is 0 Å². The first-order valence-corrected chi connectivity index (χ1v) is 7.98. The van der Waals surface area contributed by atoms with E-state index in [1.165, 1.54) is 12.1 Å². The van der Waals surface area contributed by atoms with Gasteiger partial charge in [-0.3, -0.25) is 10.0 Å². The number of hydrogen-bond donors (Lipinski definition) is 0. The maximum absolute atomic E-state index is 12.3. The summed E-state index contributed by atoms with van der Waals surface area (Å²) in [6.07, 6.45) is -4.68. The Kier molecular flexibility index (Phi) is 5.03. The number of halogens is 3. The normalized spacial score (nSPS) is 16.0. The summed E-state index contributed by atoms with van der Waals surface area (Å²) in [5.74, 6) is -0.204. The Morgan fingerprint density at radius 3 is 2.28 bits per heavy atom. The van der Waals surface area contributed by atoms with Gasteiger partial charge in [-0.25, -0.2) is 0 Å². The summed E-state index contributed by atoms with van der Waals surface area (Å²) in [6, 6.07) is 12.8. The summed E-state index contributed by atoms with van der Waals surface area (Å²) in [5, 5.41) is 11.2. The van der Waals surface area contributed by atoms with Gasteiger partial charge >= 0.3 is 6.36 Å². The number of benzene rings is 2. The van der Waals surface area contributed by atoms with Gasteiger partial charge < -0.3 is 9.64 Å². The standard InChI is InChI=1S/C18H18F3N2O2/c19-18(20,21)25-17-3-1-2-14(12-17)13-22-8-10-23(11-9-22)15-4-6-16(24)7-5-15/h1-7,12H,8-11,13H2. The second-order valence-electron chi connectivity index (χ2n) is 5.95. The van der Waals surface area contributed by atoms with Crippen molar-refractivity contribution in [2.45, 2.75) is 12.9 Å². The Labute approximate surface area is 144 Å². The summed E-state index contributed by atoms with van der Waals surface area (Å²) in [5.41, 5.74) is 1.80. The Morgan fingerprint density at radius 2 is 1.64 bits per heavy atom. The Morgan fingerprint density at radius 1 is 0.960 bits per heavy atom. The van der Waals surface area contributed by atoms with E-state index in [2.05, 4.69) is 14.5 Å². The quantitative estimate of drug-likeness (QED) is 0.834. The molecule has 1 aliphatic heterocycles. The van der Waals surface area contributed by atoms with Crippen molar-refractivity contribution in [3.8, 4) is 11.5 Å². The summed E-state index contributed by atoms with van der Waals surface area (Å²) in [4.78, 5) is 4.38. The zero-order valence-electron chi connectivity index (χ0n) is 13.5. The van der Waals surface area contributed by atoms with Crippen LogP contribution >= 0.6 is 0 Å². The molecule has 0 aliphatic carbocycles. The van der Waals surface area contributed by atoms with Crippen LogP contribution in [0.15, 0.2) is 48.5 Å². The van der Waals surface area contributed by atoms with E-state index in [0.29, 0.717) is 6.54 Å². The third-order valence-electron chi connectivity index (χ3n) is 4.11. The molecule has 25 heavy (non-hydrogen) atoms. The van der Waals surface area contributed by atoms with E-state index >= 15 is 0 Å². The molecule has 2 aromatic carbocycles. The van der Waals surface area contributed by atoms with Crippen LogP contribution in [0.5, 0.6) is 11.5 Å². The topological polar surface area (TPSA) is 35.6 Å². The molecule has 133 valence electrons. The van der Waals surface area contributed by atoms with Crippen LogP contribution < -0.4 is 9.64 Å². The fraction of sp³-hybridized carbons (Fsp3) is 0.333. The van der Waals surface area contributed by atoms with Crippen molar-refractivity contribution in [1.29, 1.82) is 0 Å². The molecule has 4 nitrogen and oxygen atoms in total. The predicted molar refractivity (Wildman–Crippen MR) is 87.2 cm³/mol. The van der Waals surface area contributed by atoms with Crippen molar-refractivity contribution < 1.29 is 23.0 Å². The van der Waals surface area contributed by atoms with Crippen LogP contribution in [-0.4, -0.2) is 37.4 Å². The smallest absolute Gasteiger partial charge is 0.406 e. The van der Waals surface area contributed by atoms with Crippen molar-refractivity contribution in [2.75, 3.05) is 31.1 Å². The maximum atomic E-state index is 12.3. The molecule has 0 amide bonds. The molecule has 1 saturated heterocycles. The minimum absolute atomic E-state index is 0.0108. The van der Waals surface area contributed by atoms with Crippen LogP contribution in [0.2, 0.25) is 0 Å². The van der Waals surface area contributed by atoms with E-state index in [-0.39, 0.29) is 11.5 Å². The SMILES string of the molecule is [O]c1ccc(N2CCN(Cc3cccc(OC(F)(F)F)c3)CC2)cc1. The highest BCUT2D eigenvalue weighted by atomic mass is 19.4. The fourth-order valence-corrected chi connectivity index (χ4v) is 2.92. The van der Waals surface area contributed by atoms with Crippen molar-refractivity contribution in [2.24, 2.45) is 0 Å². The lowest BCUT2D eigenvalue weighted by atomic mass is 10.1. The molecule has 1 radical (unpaired) electrons. The van der Waals surface area contributed by atoms with E-state index in [0.717, 1.165) is 37.4 Å². The first-order valence-electron chi connectivity index (χ1n) is 7.98. The molecular weight excluding hydrogens is 333 g/mol. The molecule has 1 fully saturated rings. The molecule has 0 saturated carbocycles. The monoisotopic (exact) mass is 351 g/mol. The van der Waals surface area contributed by atoms with Gasteiger partial charge in [0.25, 0.3) is 0 Å². The molecule has 0 atom stereocenters. The molecule has 0 N–H and O–H groups in total. The van der Waals surface area contributed by atoms with E-state index in [1.54, 1.807) is 24.3 Å². The number of alkyl halides is 3. The van der Waals surface area contributed by atoms with Crippen molar-refractivity contribution in [3.63, 3.8) is 0 Å². The van der Waals surface area contributed by atoms with Gasteiger partial charge in [0.15, 0.2) is 5.75 Å². The highest BCUT2D eigenvalue weighted by Crippen LogP contribution is 2.24. The minimum atomic E-state index is -4.68. The molecule has 0 bridgehead atoms. The minimum Gasteiger partial charge on any atom is -0.406 e. The highest BCUT2D eigenvalue weighted by molar-refractivity contribution is 5.49. The molecule has 3 rings (SSSR count). The molecule has 0 aromatic heterocycles. The van der Waals surface area contributed by atoms with Gasteiger partial charge in [0.2, 0.25) is 0 Å². The van der Waals surface area contributed by atoms with E-state index in [1.807, 2.05) is 12.1 Å². The number of piperazine rings is 1. The lowest BCUT2D eigenvalue weighted by Gasteiger charge is -2.36. The molecular formula is C18H18F3N2O2. The van der Waals surface area contributed by atoms with Crippen LogP contribution in [0.25, 0.3) is 0 Å². The first kappa shape index (κ1) is 17.4. The summed E-state index contributed by atoms with van der Waals surface area (Å²) in [7, 11) is 0. The Bertz CT molecular complexity index is 696. The number of nitrogens with zero attached hydrogens (tertiary/aromatic N) is 2. The lowest BCUT2D eigenvalue weighted by molar-refractivity contribution is -0.274. The zero-order valence-corrected chi connectivity index (χ0v) is 13.5. The predicted octanol–water partition coefficient (Wildman–Crippen LogP) is 4.05. The van der Waals surface area contributed by atoms with Gasteiger partial charge in [0.05, 0.1) is 0 Å². The average Bonchev–Trinajstić information content (AvgIpc) is 2.55. The van der Waals surface area contributed by atoms with Crippen molar-refractivity contribution in [1.82, 2.24) is 4.90 Å². The molecule has 0 unspecified atom stereocenters. The van der Waals surface area contributed by atoms with Gasteiger partial charge in [0.1, 0.15) is 5.75 Å². The fourth-order valence-electron chi connectivity index (χ4n) is 2.92. The largest absolute Gasteiger partial charge is 0.573 e. The molecule has 7 heteroatoms. The molecule has 1 aliphatic rings. The first-order chi connectivity index (χ1) is 11.9. The van der Waals surface area contributed by atoms with Gasteiger partial charge in [-0.2, -0.15) is 0 Å². The third kappa shape index (κ3) is 5.03. The highest BCUT2D eigenvalue weighted by Gasteiger charge is 2.31. The van der Waals surface area contributed by atoms with Gasteiger partial charge in [-0.05, 0) is 42.0 Å². The van der Waals surface area contributed by atoms with Crippen LogP contribution in [0, 0.1) is 0 Å². The lowest BCUT2D eigenvalue weighted by Crippen LogP contribution is -2.45. The van der Waals surface area contributed by atoms with E-state index < -0.39 is 6.36 Å².